The molecule has 0 fully saturated rings. The first-order valence-corrected chi connectivity index (χ1v) is 2.90. The summed E-state index contributed by atoms with van der Waals surface area (Å²) in [5, 5.41) is 0. The normalized spacial score (nSPS) is 8.30. The monoisotopic (exact) mass is 130 g/mol. The first-order chi connectivity index (χ1) is 4.84. The van der Waals surface area contributed by atoms with Crippen molar-refractivity contribution < 1.29 is 4.79 Å². The Kier molecular flexibility index (Phi) is 1.86. The van der Waals surface area contributed by atoms with Crippen LogP contribution in [0, 0.1) is 12.3 Å². The fourth-order valence-corrected chi connectivity index (χ4v) is 0.673. The molecule has 0 saturated heterocycles. The van der Waals surface area contributed by atoms with E-state index in [1.54, 1.807) is 24.3 Å². The zero-order chi connectivity index (χ0) is 7.40. The van der Waals surface area contributed by atoms with Crippen LogP contribution in [0.4, 0.5) is 0 Å². The molecule has 0 saturated carbocycles. The van der Waals surface area contributed by atoms with Crippen LogP contribution in [0.1, 0.15) is 10.4 Å². The van der Waals surface area contributed by atoms with Gasteiger partial charge in [0.25, 0.3) is 0 Å². The molecule has 0 amide bonds. The molecule has 0 aromatic heterocycles. The summed E-state index contributed by atoms with van der Waals surface area (Å²) in [6, 6.07) is 8.80. The molecule has 0 aliphatic heterocycles. The van der Waals surface area contributed by atoms with Crippen molar-refractivity contribution in [3.05, 3.63) is 35.9 Å². The van der Waals surface area contributed by atoms with E-state index < -0.39 is 0 Å². The van der Waals surface area contributed by atoms with E-state index in [1.165, 1.54) is 0 Å². The third-order valence-electron chi connectivity index (χ3n) is 1.17. The van der Waals surface area contributed by atoms with Gasteiger partial charge in [0.2, 0.25) is 5.78 Å². The van der Waals surface area contributed by atoms with Crippen molar-refractivity contribution in [2.75, 3.05) is 0 Å². The summed E-state index contributed by atoms with van der Waals surface area (Å²) in [5.74, 6) is 1.78. The zero-order valence-corrected chi connectivity index (χ0v) is 5.37. The lowest BCUT2D eigenvalue weighted by atomic mass is 10.1. The summed E-state index contributed by atoms with van der Waals surface area (Å²) in [7, 11) is 0. The lowest BCUT2D eigenvalue weighted by Gasteiger charge is -1.88. The van der Waals surface area contributed by atoms with Gasteiger partial charge in [-0.25, -0.2) is 0 Å². The number of ketones is 1. The maximum Gasteiger partial charge on any atom is 0.235 e. The second kappa shape index (κ2) is 2.84. The molecule has 0 spiro atoms. The average molecular weight is 130 g/mol. The van der Waals surface area contributed by atoms with E-state index in [1.807, 2.05) is 12.0 Å². The third kappa shape index (κ3) is 1.24. The first-order valence-electron chi connectivity index (χ1n) is 2.90. The number of carbonyl (C=O) groups excluding carboxylic acids is 1. The number of hydrogen-bond donors (Lipinski definition) is 0. The minimum atomic E-state index is -0.263. The van der Waals surface area contributed by atoms with Crippen LogP contribution < -0.4 is 0 Å². The van der Waals surface area contributed by atoms with Crippen molar-refractivity contribution in [3.63, 3.8) is 0 Å². The van der Waals surface area contributed by atoms with Gasteiger partial charge in [-0.3, -0.25) is 4.79 Å². The van der Waals surface area contributed by atoms with Crippen LogP contribution in [-0.2, 0) is 0 Å². The van der Waals surface area contributed by atoms with Crippen molar-refractivity contribution in [1.29, 1.82) is 0 Å². The number of terminal acetylenes is 1. The minimum absolute atomic E-state index is 0.263. The molecule has 10 heavy (non-hydrogen) atoms. The Morgan fingerprint density at radius 1 is 1.30 bits per heavy atom. The van der Waals surface area contributed by atoms with Crippen LogP contribution in [0.25, 0.3) is 0 Å². The van der Waals surface area contributed by atoms with Gasteiger partial charge in [-0.2, -0.15) is 0 Å². The van der Waals surface area contributed by atoms with Crippen LogP contribution in [-0.4, -0.2) is 5.78 Å². The molecule has 1 heteroatoms. The van der Waals surface area contributed by atoms with E-state index >= 15 is 0 Å². The largest absolute Gasteiger partial charge is 0.279 e. The molecule has 1 rings (SSSR count). The Balaban J connectivity index is 2.99. The highest BCUT2D eigenvalue weighted by atomic mass is 16.1. The van der Waals surface area contributed by atoms with Crippen molar-refractivity contribution in [1.82, 2.24) is 0 Å². The Morgan fingerprint density at radius 3 is 2.40 bits per heavy atom. The highest BCUT2D eigenvalue weighted by molar-refractivity contribution is 6.08. The Hall–Kier alpha value is -1.55. The van der Waals surface area contributed by atoms with Crippen molar-refractivity contribution >= 4 is 5.78 Å². The van der Waals surface area contributed by atoms with Gasteiger partial charge in [0.15, 0.2) is 0 Å². The summed E-state index contributed by atoms with van der Waals surface area (Å²) in [5.41, 5.74) is 0.574. The van der Waals surface area contributed by atoms with Crippen LogP contribution >= 0.6 is 0 Å². The van der Waals surface area contributed by atoms with Gasteiger partial charge in [0.1, 0.15) is 0 Å². The van der Waals surface area contributed by atoms with Gasteiger partial charge in [0, 0.05) is 5.56 Å². The molecule has 0 bridgehead atoms. The van der Waals surface area contributed by atoms with E-state index in [0.717, 1.165) is 0 Å². The molecule has 0 heterocycles. The van der Waals surface area contributed by atoms with Crippen LogP contribution in [0.2, 0.25) is 0 Å². The molecule has 48 valence electrons. The topological polar surface area (TPSA) is 17.1 Å². The second-order valence-electron chi connectivity index (χ2n) is 1.84. The van der Waals surface area contributed by atoms with Crippen LogP contribution in [0.5, 0.6) is 0 Å². The fourth-order valence-electron chi connectivity index (χ4n) is 0.673. The van der Waals surface area contributed by atoms with Crippen LogP contribution in [0.3, 0.4) is 0 Å². The number of Topliss-reactive ketones (excluding diaryl/α,β-unsaturated/α-hetero) is 1. The SMILES string of the molecule is C#CC(=O)c1ccccc1. The molecule has 0 N–H and O–H groups in total. The predicted octanol–water partition coefficient (Wildman–Crippen LogP) is 1.50. The maximum absolute atomic E-state index is 10.8. The van der Waals surface area contributed by atoms with E-state index in [-0.39, 0.29) is 5.78 Å². The Labute approximate surface area is 59.7 Å². The van der Waals surface area contributed by atoms with Crippen LogP contribution in [0.15, 0.2) is 30.3 Å². The molecule has 0 aliphatic rings. The first kappa shape index (κ1) is 6.57. The lowest BCUT2D eigenvalue weighted by Crippen LogP contribution is -1.91. The van der Waals surface area contributed by atoms with E-state index in [9.17, 15) is 4.79 Å². The summed E-state index contributed by atoms with van der Waals surface area (Å²) in [4.78, 5) is 10.8. The number of benzene rings is 1. The highest BCUT2D eigenvalue weighted by Crippen LogP contribution is 1.97. The van der Waals surface area contributed by atoms with Gasteiger partial charge in [0.05, 0.1) is 0 Å². The van der Waals surface area contributed by atoms with Crippen molar-refractivity contribution in [2.24, 2.45) is 0 Å². The maximum atomic E-state index is 10.8. The third-order valence-corrected chi connectivity index (χ3v) is 1.17. The molecule has 1 aromatic carbocycles. The van der Waals surface area contributed by atoms with Gasteiger partial charge >= 0.3 is 0 Å². The van der Waals surface area contributed by atoms with Crippen molar-refractivity contribution in [2.45, 2.75) is 0 Å². The Morgan fingerprint density at radius 2 is 1.90 bits per heavy atom. The average Bonchev–Trinajstić information content (AvgIpc) is 2.05. The summed E-state index contributed by atoms with van der Waals surface area (Å²) < 4.78 is 0. The molecule has 1 nitrogen and oxygen atoms in total. The van der Waals surface area contributed by atoms with E-state index in [0.29, 0.717) is 5.56 Å². The number of hydrogen-bond acceptors (Lipinski definition) is 1. The van der Waals surface area contributed by atoms with E-state index in [4.69, 9.17) is 6.42 Å². The van der Waals surface area contributed by atoms with Gasteiger partial charge in [-0.15, -0.1) is 6.42 Å². The standard InChI is InChI=1S/C9H6O/c1-2-9(10)8-6-4-3-5-7-8/h1,3-7H. The second-order valence-corrected chi connectivity index (χ2v) is 1.84. The summed E-state index contributed by atoms with van der Waals surface area (Å²) >= 11 is 0. The molecule has 0 unspecified atom stereocenters. The lowest BCUT2D eigenvalue weighted by molar-refractivity contribution is 0.105. The smallest absolute Gasteiger partial charge is 0.235 e. The molecule has 0 aliphatic carbocycles. The quantitative estimate of drug-likeness (QED) is 0.320. The summed E-state index contributed by atoms with van der Waals surface area (Å²) in [6.45, 7) is 0. The number of rotatable bonds is 1. The highest BCUT2D eigenvalue weighted by Gasteiger charge is 1.96. The summed E-state index contributed by atoms with van der Waals surface area (Å²) in [6.07, 6.45) is 4.90. The van der Waals surface area contributed by atoms with E-state index in [2.05, 4.69) is 0 Å². The predicted molar refractivity (Wildman–Crippen MR) is 39.6 cm³/mol. The van der Waals surface area contributed by atoms with Gasteiger partial charge < -0.3 is 0 Å². The van der Waals surface area contributed by atoms with Crippen molar-refractivity contribution in [3.8, 4) is 12.3 Å². The molecular formula is C9H6O. The zero-order valence-electron chi connectivity index (χ0n) is 5.37. The molecule has 0 atom stereocenters. The van der Waals surface area contributed by atoms with Gasteiger partial charge in [-0.1, -0.05) is 30.3 Å². The number of carbonyl (C=O) groups is 1. The molecular weight excluding hydrogens is 124 g/mol. The Bertz CT molecular complexity index is 267. The molecule has 1 aromatic rings. The van der Waals surface area contributed by atoms with Gasteiger partial charge in [-0.05, 0) is 5.92 Å². The minimum Gasteiger partial charge on any atom is -0.279 e. The fraction of sp³-hybridized carbons (Fsp3) is 0. The molecule has 0 radical (unpaired) electrons.